The molecule has 0 bridgehead atoms. The van der Waals surface area contributed by atoms with E-state index < -0.39 is 5.97 Å². The van der Waals surface area contributed by atoms with Crippen LogP contribution in [0.5, 0.6) is 11.6 Å². The van der Waals surface area contributed by atoms with Gasteiger partial charge < -0.3 is 9.84 Å². The summed E-state index contributed by atoms with van der Waals surface area (Å²) in [5.74, 6) is -0.115. The van der Waals surface area contributed by atoms with E-state index in [-0.39, 0.29) is 0 Å². The van der Waals surface area contributed by atoms with Gasteiger partial charge in [-0.25, -0.2) is 9.78 Å². The molecule has 0 amide bonds. The average Bonchev–Trinajstić information content (AvgIpc) is 2.42. The third-order valence-corrected chi connectivity index (χ3v) is 2.80. The summed E-state index contributed by atoms with van der Waals surface area (Å²) in [6.45, 7) is 1.89. The van der Waals surface area contributed by atoms with Crippen molar-refractivity contribution in [1.82, 2.24) is 4.98 Å². The zero-order valence-electron chi connectivity index (χ0n) is 10.7. The number of halogens is 1. The highest BCUT2D eigenvalue weighted by atomic mass is 35.5. The Bertz CT molecular complexity index is 668. The number of pyridine rings is 1. The second kappa shape index (κ2) is 6.21. The first-order chi connectivity index (χ1) is 9.56. The number of carboxylic acids is 1. The van der Waals surface area contributed by atoms with Gasteiger partial charge in [0, 0.05) is 22.9 Å². The monoisotopic (exact) mass is 289 g/mol. The molecule has 0 saturated carbocycles. The van der Waals surface area contributed by atoms with Gasteiger partial charge in [-0.05, 0) is 42.8 Å². The second-order valence-electron chi connectivity index (χ2n) is 4.08. The molecule has 1 heterocycles. The summed E-state index contributed by atoms with van der Waals surface area (Å²) >= 11 is 5.93. The number of nitrogens with zero attached hydrogens (tertiary/aromatic N) is 1. The smallest absolute Gasteiger partial charge is 0.328 e. The third kappa shape index (κ3) is 3.59. The Kier molecular flexibility index (Phi) is 4.38. The van der Waals surface area contributed by atoms with E-state index in [2.05, 4.69) is 4.98 Å². The number of hydrogen-bond acceptors (Lipinski definition) is 3. The number of carbonyl (C=O) groups is 1. The Hall–Kier alpha value is -2.33. The first-order valence-corrected chi connectivity index (χ1v) is 6.24. The van der Waals surface area contributed by atoms with Gasteiger partial charge in [-0.3, -0.25) is 0 Å². The molecule has 0 aliphatic rings. The number of hydrogen-bond donors (Lipinski definition) is 1. The van der Waals surface area contributed by atoms with Crippen molar-refractivity contribution in [3.8, 4) is 11.6 Å². The summed E-state index contributed by atoms with van der Waals surface area (Å²) in [5, 5.41) is 9.23. The standard InChI is InChI=1S/C15H12ClNO3/c1-10-4-6-12(16)9-13(10)20-15-11(3-2-8-17-15)5-7-14(18)19/h2-9H,1H3,(H,18,19)/b7-5+. The number of aliphatic carboxylic acids is 1. The van der Waals surface area contributed by atoms with E-state index in [1.165, 1.54) is 6.08 Å². The SMILES string of the molecule is Cc1ccc(Cl)cc1Oc1ncccc1/C=C/C(=O)O. The lowest BCUT2D eigenvalue weighted by Gasteiger charge is -2.10. The summed E-state index contributed by atoms with van der Waals surface area (Å²) < 4.78 is 5.71. The van der Waals surface area contributed by atoms with Gasteiger partial charge in [-0.2, -0.15) is 0 Å². The first kappa shape index (κ1) is 14.1. The van der Waals surface area contributed by atoms with Crippen LogP contribution in [0.25, 0.3) is 6.08 Å². The molecule has 0 spiro atoms. The van der Waals surface area contributed by atoms with Crippen molar-refractivity contribution >= 4 is 23.6 Å². The Morgan fingerprint density at radius 2 is 2.20 bits per heavy atom. The van der Waals surface area contributed by atoms with Crippen LogP contribution in [0, 0.1) is 6.92 Å². The number of rotatable bonds is 4. The van der Waals surface area contributed by atoms with Gasteiger partial charge in [-0.15, -0.1) is 0 Å². The van der Waals surface area contributed by atoms with Gasteiger partial charge in [0.25, 0.3) is 0 Å². The minimum absolute atomic E-state index is 0.329. The normalized spacial score (nSPS) is 10.7. The van der Waals surface area contributed by atoms with Crippen molar-refractivity contribution < 1.29 is 14.6 Å². The van der Waals surface area contributed by atoms with Crippen LogP contribution in [0.15, 0.2) is 42.6 Å². The average molecular weight is 290 g/mol. The van der Waals surface area contributed by atoms with Crippen molar-refractivity contribution in [2.24, 2.45) is 0 Å². The quantitative estimate of drug-likeness (QED) is 0.866. The Morgan fingerprint density at radius 1 is 1.40 bits per heavy atom. The predicted molar refractivity (Wildman–Crippen MR) is 77.2 cm³/mol. The van der Waals surface area contributed by atoms with Crippen LogP contribution >= 0.6 is 11.6 Å². The van der Waals surface area contributed by atoms with Crippen LogP contribution in [0.4, 0.5) is 0 Å². The van der Waals surface area contributed by atoms with Crippen LogP contribution in [0.3, 0.4) is 0 Å². The molecule has 1 aromatic heterocycles. The number of ether oxygens (including phenoxy) is 1. The van der Waals surface area contributed by atoms with E-state index in [0.717, 1.165) is 11.6 Å². The molecule has 0 fully saturated rings. The largest absolute Gasteiger partial charge is 0.478 e. The molecule has 0 aliphatic carbocycles. The van der Waals surface area contributed by atoms with Crippen LogP contribution in [-0.4, -0.2) is 16.1 Å². The molecule has 102 valence electrons. The summed E-state index contributed by atoms with van der Waals surface area (Å²) in [6, 6.07) is 8.73. The van der Waals surface area contributed by atoms with Gasteiger partial charge in [0.2, 0.25) is 5.88 Å². The van der Waals surface area contributed by atoms with Crippen molar-refractivity contribution in [2.45, 2.75) is 6.92 Å². The van der Waals surface area contributed by atoms with Gasteiger partial charge in [-0.1, -0.05) is 17.7 Å². The molecule has 0 unspecified atom stereocenters. The van der Waals surface area contributed by atoms with Crippen molar-refractivity contribution in [3.05, 3.63) is 58.8 Å². The molecule has 0 saturated heterocycles. The number of benzene rings is 1. The minimum atomic E-state index is -1.03. The number of carboxylic acid groups (broad SMARTS) is 1. The fraction of sp³-hybridized carbons (Fsp3) is 0.0667. The fourth-order valence-electron chi connectivity index (χ4n) is 1.56. The van der Waals surface area contributed by atoms with Gasteiger partial charge >= 0.3 is 5.97 Å². The van der Waals surface area contributed by atoms with Gasteiger partial charge in [0.15, 0.2) is 0 Å². The van der Waals surface area contributed by atoms with E-state index in [0.29, 0.717) is 22.2 Å². The van der Waals surface area contributed by atoms with E-state index in [1.54, 1.807) is 30.5 Å². The zero-order chi connectivity index (χ0) is 14.5. The summed E-state index contributed by atoms with van der Waals surface area (Å²) in [5.41, 5.74) is 1.49. The Morgan fingerprint density at radius 3 is 2.95 bits per heavy atom. The maximum Gasteiger partial charge on any atom is 0.328 e. The van der Waals surface area contributed by atoms with Crippen LogP contribution in [-0.2, 0) is 4.79 Å². The molecule has 2 rings (SSSR count). The highest BCUT2D eigenvalue weighted by Crippen LogP contribution is 2.29. The molecular weight excluding hydrogens is 278 g/mol. The maximum absolute atomic E-state index is 10.6. The first-order valence-electron chi connectivity index (χ1n) is 5.86. The van der Waals surface area contributed by atoms with Crippen molar-refractivity contribution in [2.75, 3.05) is 0 Å². The lowest BCUT2D eigenvalue weighted by Crippen LogP contribution is -1.93. The van der Waals surface area contributed by atoms with Crippen molar-refractivity contribution in [3.63, 3.8) is 0 Å². The van der Waals surface area contributed by atoms with Crippen LogP contribution in [0.1, 0.15) is 11.1 Å². The second-order valence-corrected chi connectivity index (χ2v) is 4.52. The molecule has 4 nitrogen and oxygen atoms in total. The summed E-state index contributed by atoms with van der Waals surface area (Å²) in [7, 11) is 0. The summed E-state index contributed by atoms with van der Waals surface area (Å²) in [6.07, 6.45) is 4.05. The minimum Gasteiger partial charge on any atom is -0.478 e. The van der Waals surface area contributed by atoms with Crippen molar-refractivity contribution in [1.29, 1.82) is 0 Å². The van der Waals surface area contributed by atoms with E-state index >= 15 is 0 Å². The fourth-order valence-corrected chi connectivity index (χ4v) is 1.73. The molecule has 0 aliphatic heterocycles. The van der Waals surface area contributed by atoms with E-state index in [1.807, 2.05) is 13.0 Å². The van der Waals surface area contributed by atoms with Crippen LogP contribution in [0.2, 0.25) is 5.02 Å². The molecule has 0 radical (unpaired) electrons. The molecule has 5 heteroatoms. The summed E-state index contributed by atoms with van der Waals surface area (Å²) in [4.78, 5) is 14.7. The van der Waals surface area contributed by atoms with Gasteiger partial charge in [0.05, 0.1) is 0 Å². The van der Waals surface area contributed by atoms with E-state index in [9.17, 15) is 4.79 Å². The highest BCUT2D eigenvalue weighted by Gasteiger charge is 2.07. The molecule has 20 heavy (non-hydrogen) atoms. The molecular formula is C15H12ClNO3. The Balaban J connectivity index is 2.34. The van der Waals surface area contributed by atoms with Crippen LogP contribution < -0.4 is 4.74 Å². The molecule has 1 N–H and O–H groups in total. The number of aryl methyl sites for hydroxylation is 1. The number of aromatic nitrogens is 1. The molecule has 0 atom stereocenters. The van der Waals surface area contributed by atoms with E-state index in [4.69, 9.17) is 21.4 Å². The topological polar surface area (TPSA) is 59.4 Å². The zero-order valence-corrected chi connectivity index (χ0v) is 11.5. The molecule has 1 aromatic carbocycles. The Labute approximate surface area is 121 Å². The maximum atomic E-state index is 10.6. The van der Waals surface area contributed by atoms with Gasteiger partial charge in [0.1, 0.15) is 5.75 Å². The highest BCUT2D eigenvalue weighted by molar-refractivity contribution is 6.30. The lowest BCUT2D eigenvalue weighted by atomic mass is 10.2. The third-order valence-electron chi connectivity index (χ3n) is 2.56. The lowest BCUT2D eigenvalue weighted by molar-refractivity contribution is -0.131. The molecule has 2 aromatic rings. The predicted octanol–water partition coefficient (Wildman–Crippen LogP) is 3.93.